The van der Waals surface area contributed by atoms with Crippen LogP contribution < -0.4 is 11.1 Å². The van der Waals surface area contributed by atoms with Crippen molar-refractivity contribution >= 4 is 11.6 Å². The predicted molar refractivity (Wildman–Crippen MR) is 72.8 cm³/mol. The van der Waals surface area contributed by atoms with Crippen LogP contribution in [0.15, 0.2) is 30.1 Å². The first-order chi connectivity index (χ1) is 8.60. The number of nitrogens with two attached hydrogens (primary N) is 1. The molecule has 98 valence electrons. The topological polar surface area (TPSA) is 38.0 Å². The molecule has 3 N–H and O–H groups in total. The fourth-order valence-electron chi connectivity index (χ4n) is 2.48. The van der Waals surface area contributed by atoms with Crippen molar-refractivity contribution in [1.82, 2.24) is 5.32 Å². The van der Waals surface area contributed by atoms with Gasteiger partial charge in [0.15, 0.2) is 0 Å². The fourth-order valence-corrected chi connectivity index (χ4v) is 2.66. The molecule has 2 atom stereocenters. The minimum atomic E-state index is -0.172. The molecule has 0 aliphatic carbocycles. The third-order valence-electron chi connectivity index (χ3n) is 3.46. The first-order valence-electron chi connectivity index (χ1n) is 6.26. The maximum absolute atomic E-state index is 13.8. The molecule has 2 nitrogen and oxygen atoms in total. The summed E-state index contributed by atoms with van der Waals surface area (Å²) < 4.78 is 13.8. The minimum Gasteiger partial charge on any atom is -0.386 e. The lowest BCUT2D eigenvalue weighted by atomic mass is 9.87. The van der Waals surface area contributed by atoms with Crippen LogP contribution in [0.5, 0.6) is 0 Å². The van der Waals surface area contributed by atoms with Crippen LogP contribution in [-0.4, -0.2) is 6.54 Å². The quantitative estimate of drug-likeness (QED) is 0.879. The molecule has 1 aromatic carbocycles. The molecule has 1 aliphatic rings. The van der Waals surface area contributed by atoms with Crippen molar-refractivity contribution in [3.63, 3.8) is 0 Å². The van der Waals surface area contributed by atoms with Gasteiger partial charge in [-0.1, -0.05) is 18.5 Å². The SMILES string of the molecule is CCC(C[C@H]1C=C(N)NC1)c1cc(Cl)ccc1F. The highest BCUT2D eigenvalue weighted by atomic mass is 35.5. The van der Waals surface area contributed by atoms with Gasteiger partial charge in [0.2, 0.25) is 0 Å². The van der Waals surface area contributed by atoms with Crippen LogP contribution in [0.4, 0.5) is 4.39 Å². The summed E-state index contributed by atoms with van der Waals surface area (Å²) in [7, 11) is 0. The molecule has 0 radical (unpaired) electrons. The van der Waals surface area contributed by atoms with Crippen LogP contribution in [0.1, 0.15) is 31.2 Å². The number of hydrogen-bond acceptors (Lipinski definition) is 2. The number of rotatable bonds is 4. The molecule has 0 spiro atoms. The third-order valence-corrected chi connectivity index (χ3v) is 3.70. The summed E-state index contributed by atoms with van der Waals surface area (Å²) in [5, 5.41) is 3.68. The van der Waals surface area contributed by atoms with Gasteiger partial charge in [0.05, 0.1) is 5.82 Å². The molecule has 4 heteroatoms. The standard InChI is InChI=1S/C14H18ClFN2/c1-2-10(5-9-6-14(17)18-8-9)12-7-11(15)3-4-13(12)16/h3-4,6-7,9-10,18H,2,5,8,17H2,1H3/t9-,10?/m0/s1. The van der Waals surface area contributed by atoms with Gasteiger partial charge in [-0.3, -0.25) is 0 Å². The van der Waals surface area contributed by atoms with E-state index in [1.165, 1.54) is 6.07 Å². The predicted octanol–water partition coefficient (Wildman–Crippen LogP) is 3.38. The van der Waals surface area contributed by atoms with E-state index in [4.69, 9.17) is 17.3 Å². The van der Waals surface area contributed by atoms with Crippen molar-refractivity contribution in [2.45, 2.75) is 25.7 Å². The van der Waals surface area contributed by atoms with E-state index in [1.807, 2.05) is 6.08 Å². The van der Waals surface area contributed by atoms with E-state index in [9.17, 15) is 4.39 Å². The Balaban J connectivity index is 2.15. The van der Waals surface area contributed by atoms with Crippen molar-refractivity contribution in [2.24, 2.45) is 11.7 Å². The smallest absolute Gasteiger partial charge is 0.126 e. The van der Waals surface area contributed by atoms with Crippen molar-refractivity contribution < 1.29 is 4.39 Å². The van der Waals surface area contributed by atoms with Gasteiger partial charge >= 0.3 is 0 Å². The highest BCUT2D eigenvalue weighted by molar-refractivity contribution is 6.30. The van der Waals surface area contributed by atoms with Crippen molar-refractivity contribution in [3.8, 4) is 0 Å². The molecular weight excluding hydrogens is 251 g/mol. The molecule has 2 rings (SSSR count). The Morgan fingerprint density at radius 2 is 2.33 bits per heavy atom. The second-order valence-corrected chi connectivity index (χ2v) is 5.21. The zero-order valence-electron chi connectivity index (χ0n) is 10.4. The molecule has 0 bridgehead atoms. The molecule has 0 amide bonds. The van der Waals surface area contributed by atoms with E-state index in [2.05, 4.69) is 12.2 Å². The highest BCUT2D eigenvalue weighted by Gasteiger charge is 2.21. The maximum atomic E-state index is 13.8. The van der Waals surface area contributed by atoms with Gasteiger partial charge in [-0.15, -0.1) is 0 Å². The second-order valence-electron chi connectivity index (χ2n) is 4.77. The van der Waals surface area contributed by atoms with Gasteiger partial charge in [0, 0.05) is 11.6 Å². The first-order valence-corrected chi connectivity index (χ1v) is 6.64. The maximum Gasteiger partial charge on any atom is 0.126 e. The molecule has 0 aromatic heterocycles. The number of nitrogens with one attached hydrogen (secondary N) is 1. The summed E-state index contributed by atoms with van der Waals surface area (Å²) in [5.74, 6) is 1.10. The molecular formula is C14H18ClFN2. The van der Waals surface area contributed by atoms with Crippen LogP contribution in [0.25, 0.3) is 0 Å². The first kappa shape index (κ1) is 13.2. The van der Waals surface area contributed by atoms with Gasteiger partial charge < -0.3 is 11.1 Å². The lowest BCUT2D eigenvalue weighted by Gasteiger charge is -2.19. The Bertz CT molecular complexity index is 459. The molecule has 1 heterocycles. The summed E-state index contributed by atoms with van der Waals surface area (Å²) in [6, 6.07) is 4.76. The molecule has 1 aromatic rings. The van der Waals surface area contributed by atoms with Crippen molar-refractivity contribution in [2.75, 3.05) is 6.54 Å². The van der Waals surface area contributed by atoms with Gasteiger partial charge in [0.1, 0.15) is 5.82 Å². The Labute approximate surface area is 112 Å². The Hall–Kier alpha value is -1.22. The number of halogens is 2. The minimum absolute atomic E-state index is 0.172. The summed E-state index contributed by atoms with van der Waals surface area (Å²) >= 11 is 5.95. The van der Waals surface area contributed by atoms with E-state index in [0.717, 1.165) is 25.2 Å². The van der Waals surface area contributed by atoms with Gasteiger partial charge in [0.25, 0.3) is 0 Å². The zero-order valence-corrected chi connectivity index (χ0v) is 11.2. The summed E-state index contributed by atoms with van der Waals surface area (Å²) in [4.78, 5) is 0. The molecule has 18 heavy (non-hydrogen) atoms. The Morgan fingerprint density at radius 3 is 2.94 bits per heavy atom. The van der Waals surface area contributed by atoms with Gasteiger partial charge in [-0.2, -0.15) is 0 Å². The number of benzene rings is 1. The zero-order chi connectivity index (χ0) is 13.1. The summed E-state index contributed by atoms with van der Waals surface area (Å²) in [6.45, 7) is 2.91. The van der Waals surface area contributed by atoms with Crippen molar-refractivity contribution in [1.29, 1.82) is 0 Å². The van der Waals surface area contributed by atoms with Gasteiger partial charge in [-0.25, -0.2) is 4.39 Å². The summed E-state index contributed by atoms with van der Waals surface area (Å²) in [5.41, 5.74) is 6.40. The summed E-state index contributed by atoms with van der Waals surface area (Å²) in [6.07, 6.45) is 3.80. The molecule has 1 unspecified atom stereocenters. The molecule has 0 saturated heterocycles. The fraction of sp³-hybridized carbons (Fsp3) is 0.429. The highest BCUT2D eigenvalue weighted by Crippen LogP contribution is 2.32. The van der Waals surface area contributed by atoms with E-state index in [-0.39, 0.29) is 11.7 Å². The third kappa shape index (κ3) is 2.96. The number of hydrogen-bond donors (Lipinski definition) is 2. The van der Waals surface area contributed by atoms with E-state index in [0.29, 0.717) is 16.5 Å². The van der Waals surface area contributed by atoms with E-state index < -0.39 is 0 Å². The average Bonchev–Trinajstić information content (AvgIpc) is 2.75. The van der Waals surface area contributed by atoms with Gasteiger partial charge in [-0.05, 0) is 54.5 Å². The molecule has 0 saturated carbocycles. The van der Waals surface area contributed by atoms with Crippen molar-refractivity contribution in [3.05, 3.63) is 46.5 Å². The lowest BCUT2D eigenvalue weighted by molar-refractivity contribution is 0.481. The largest absolute Gasteiger partial charge is 0.386 e. The monoisotopic (exact) mass is 268 g/mol. The second kappa shape index (κ2) is 5.61. The van der Waals surface area contributed by atoms with E-state index >= 15 is 0 Å². The van der Waals surface area contributed by atoms with Crippen LogP contribution in [0.3, 0.4) is 0 Å². The lowest BCUT2D eigenvalue weighted by Crippen LogP contribution is -2.17. The van der Waals surface area contributed by atoms with Crippen LogP contribution >= 0.6 is 11.6 Å². The van der Waals surface area contributed by atoms with E-state index in [1.54, 1.807) is 12.1 Å². The van der Waals surface area contributed by atoms with Crippen LogP contribution in [0.2, 0.25) is 5.02 Å². The van der Waals surface area contributed by atoms with Crippen LogP contribution in [0, 0.1) is 11.7 Å². The average molecular weight is 269 g/mol. The normalized spacial score (nSPS) is 20.4. The Kier molecular flexibility index (Phi) is 4.12. The van der Waals surface area contributed by atoms with Crippen LogP contribution in [-0.2, 0) is 0 Å². The molecule has 1 aliphatic heterocycles. The molecule has 0 fully saturated rings. The Morgan fingerprint density at radius 1 is 1.56 bits per heavy atom.